The Morgan fingerprint density at radius 2 is 1.76 bits per heavy atom. The van der Waals surface area contributed by atoms with Crippen LogP contribution in [0.2, 0.25) is 0 Å². The maximum Gasteiger partial charge on any atom is 0.0363 e. The Balaban J connectivity index is 2.50. The topological polar surface area (TPSA) is 18.5 Å². The third-order valence-electron chi connectivity index (χ3n) is 3.05. The Morgan fingerprint density at radius 3 is 2.29 bits per heavy atom. The molecule has 3 nitrogen and oxygen atoms in total. The van der Waals surface area contributed by atoms with Gasteiger partial charge < -0.3 is 15.1 Å². The Kier molecular flexibility index (Phi) is 6.01. The molecule has 0 aromatic heterocycles. The fourth-order valence-electron chi connectivity index (χ4n) is 1.73. The van der Waals surface area contributed by atoms with Gasteiger partial charge in [-0.15, -0.1) is 0 Å². The van der Waals surface area contributed by atoms with Crippen LogP contribution in [0.5, 0.6) is 0 Å². The first-order valence-electron chi connectivity index (χ1n) is 6.30. The standard InChI is InChI=1S/C14H25N3/c1-5-17(4)14-8-6-13(7-9-14)12-16(3)11-10-15-2/h6-9,15H,5,10-12H2,1-4H3. The molecule has 0 saturated heterocycles. The van der Waals surface area contributed by atoms with E-state index >= 15 is 0 Å². The molecule has 96 valence electrons. The molecule has 0 radical (unpaired) electrons. The summed E-state index contributed by atoms with van der Waals surface area (Å²) in [5.74, 6) is 0. The molecule has 17 heavy (non-hydrogen) atoms. The first-order chi connectivity index (χ1) is 8.17. The zero-order chi connectivity index (χ0) is 12.7. The second-order valence-corrected chi connectivity index (χ2v) is 4.52. The van der Waals surface area contributed by atoms with Gasteiger partial charge in [0.2, 0.25) is 0 Å². The van der Waals surface area contributed by atoms with Crippen molar-refractivity contribution in [2.45, 2.75) is 13.5 Å². The lowest BCUT2D eigenvalue weighted by atomic mass is 10.2. The van der Waals surface area contributed by atoms with E-state index in [1.165, 1.54) is 11.3 Å². The van der Waals surface area contributed by atoms with E-state index in [-0.39, 0.29) is 0 Å². The van der Waals surface area contributed by atoms with E-state index in [4.69, 9.17) is 0 Å². The van der Waals surface area contributed by atoms with Crippen molar-refractivity contribution >= 4 is 5.69 Å². The van der Waals surface area contributed by atoms with Crippen molar-refractivity contribution < 1.29 is 0 Å². The molecule has 0 fully saturated rings. The van der Waals surface area contributed by atoms with Crippen molar-refractivity contribution in [2.24, 2.45) is 0 Å². The number of rotatable bonds is 7. The minimum Gasteiger partial charge on any atom is -0.375 e. The molecular formula is C14H25N3. The zero-order valence-electron chi connectivity index (χ0n) is 11.5. The quantitative estimate of drug-likeness (QED) is 0.777. The van der Waals surface area contributed by atoms with Gasteiger partial charge in [-0.3, -0.25) is 0 Å². The van der Waals surface area contributed by atoms with E-state index in [0.717, 1.165) is 26.2 Å². The number of nitrogens with zero attached hydrogens (tertiary/aromatic N) is 2. The molecular weight excluding hydrogens is 210 g/mol. The van der Waals surface area contributed by atoms with Crippen molar-refractivity contribution in [3.63, 3.8) is 0 Å². The molecule has 0 aliphatic heterocycles. The van der Waals surface area contributed by atoms with Crippen LogP contribution in [0, 0.1) is 0 Å². The summed E-state index contributed by atoms with van der Waals surface area (Å²) in [5.41, 5.74) is 2.66. The maximum atomic E-state index is 3.17. The summed E-state index contributed by atoms with van der Waals surface area (Å²) in [6, 6.07) is 8.84. The molecule has 0 amide bonds. The van der Waals surface area contributed by atoms with Gasteiger partial charge in [-0.25, -0.2) is 0 Å². The molecule has 0 aliphatic rings. The van der Waals surface area contributed by atoms with Crippen molar-refractivity contribution in [1.29, 1.82) is 0 Å². The van der Waals surface area contributed by atoms with Crippen LogP contribution in [0.15, 0.2) is 24.3 Å². The molecule has 1 rings (SSSR count). The smallest absolute Gasteiger partial charge is 0.0363 e. The minimum absolute atomic E-state index is 1.01. The zero-order valence-corrected chi connectivity index (χ0v) is 11.5. The second kappa shape index (κ2) is 7.30. The van der Waals surface area contributed by atoms with E-state index in [2.05, 4.69) is 60.4 Å². The minimum atomic E-state index is 1.01. The Hall–Kier alpha value is -1.06. The highest BCUT2D eigenvalue weighted by Gasteiger charge is 2.01. The Morgan fingerprint density at radius 1 is 1.12 bits per heavy atom. The van der Waals surface area contributed by atoms with Gasteiger partial charge in [0, 0.05) is 38.9 Å². The number of benzene rings is 1. The predicted molar refractivity (Wildman–Crippen MR) is 75.6 cm³/mol. The third kappa shape index (κ3) is 4.75. The van der Waals surface area contributed by atoms with Gasteiger partial charge in [0.25, 0.3) is 0 Å². The van der Waals surface area contributed by atoms with Gasteiger partial charge >= 0.3 is 0 Å². The molecule has 0 unspecified atom stereocenters. The van der Waals surface area contributed by atoms with E-state index in [1.807, 2.05) is 7.05 Å². The lowest BCUT2D eigenvalue weighted by molar-refractivity contribution is 0.328. The summed E-state index contributed by atoms with van der Waals surface area (Å²) < 4.78 is 0. The van der Waals surface area contributed by atoms with E-state index in [9.17, 15) is 0 Å². The fraction of sp³-hybridized carbons (Fsp3) is 0.571. The first kappa shape index (κ1) is 14.0. The molecule has 0 saturated carbocycles. The molecule has 0 spiro atoms. The average molecular weight is 235 g/mol. The highest BCUT2D eigenvalue weighted by molar-refractivity contribution is 5.46. The second-order valence-electron chi connectivity index (χ2n) is 4.52. The van der Waals surface area contributed by atoms with Crippen LogP contribution in [0.25, 0.3) is 0 Å². The molecule has 1 aromatic carbocycles. The molecule has 1 N–H and O–H groups in total. The van der Waals surface area contributed by atoms with E-state index in [1.54, 1.807) is 0 Å². The lowest BCUT2D eigenvalue weighted by Crippen LogP contribution is -2.26. The lowest BCUT2D eigenvalue weighted by Gasteiger charge is -2.19. The number of likely N-dealkylation sites (N-methyl/N-ethyl adjacent to an activating group) is 2. The molecule has 0 atom stereocenters. The Bertz CT molecular complexity index is 308. The summed E-state index contributed by atoms with van der Waals surface area (Å²) >= 11 is 0. The highest BCUT2D eigenvalue weighted by Crippen LogP contribution is 2.14. The van der Waals surface area contributed by atoms with Gasteiger partial charge in [0.15, 0.2) is 0 Å². The van der Waals surface area contributed by atoms with Crippen molar-refractivity contribution in [2.75, 3.05) is 45.7 Å². The number of anilines is 1. The van der Waals surface area contributed by atoms with Crippen LogP contribution in [0.3, 0.4) is 0 Å². The van der Waals surface area contributed by atoms with E-state index in [0.29, 0.717) is 0 Å². The third-order valence-corrected chi connectivity index (χ3v) is 3.05. The van der Waals surface area contributed by atoms with Crippen LogP contribution >= 0.6 is 0 Å². The van der Waals surface area contributed by atoms with Crippen molar-refractivity contribution in [3.8, 4) is 0 Å². The monoisotopic (exact) mass is 235 g/mol. The summed E-state index contributed by atoms with van der Waals surface area (Å²) in [7, 11) is 6.26. The average Bonchev–Trinajstić information content (AvgIpc) is 2.36. The molecule has 0 aliphatic carbocycles. The van der Waals surface area contributed by atoms with Gasteiger partial charge in [0.1, 0.15) is 0 Å². The molecule has 0 heterocycles. The van der Waals surface area contributed by atoms with Gasteiger partial charge in [-0.2, -0.15) is 0 Å². The highest BCUT2D eigenvalue weighted by atomic mass is 15.1. The van der Waals surface area contributed by atoms with Crippen LogP contribution in [-0.4, -0.2) is 45.7 Å². The van der Waals surface area contributed by atoms with Gasteiger partial charge in [-0.1, -0.05) is 12.1 Å². The van der Waals surface area contributed by atoms with Crippen LogP contribution < -0.4 is 10.2 Å². The van der Waals surface area contributed by atoms with Crippen LogP contribution in [0.1, 0.15) is 12.5 Å². The molecule has 3 heteroatoms. The normalized spacial score (nSPS) is 10.9. The number of hydrogen-bond donors (Lipinski definition) is 1. The first-order valence-corrected chi connectivity index (χ1v) is 6.30. The SMILES string of the molecule is CCN(C)c1ccc(CN(C)CCNC)cc1. The fourth-order valence-corrected chi connectivity index (χ4v) is 1.73. The molecule has 0 bridgehead atoms. The van der Waals surface area contributed by atoms with Crippen LogP contribution in [-0.2, 0) is 6.54 Å². The Labute approximate surface area is 105 Å². The number of nitrogens with one attached hydrogen (secondary N) is 1. The van der Waals surface area contributed by atoms with Gasteiger partial charge in [0.05, 0.1) is 0 Å². The molecule has 1 aromatic rings. The summed E-state index contributed by atoms with van der Waals surface area (Å²) in [6.45, 7) is 6.33. The summed E-state index contributed by atoms with van der Waals surface area (Å²) in [4.78, 5) is 4.57. The van der Waals surface area contributed by atoms with Crippen molar-refractivity contribution in [3.05, 3.63) is 29.8 Å². The van der Waals surface area contributed by atoms with Gasteiger partial charge in [-0.05, 0) is 38.7 Å². The summed E-state index contributed by atoms with van der Waals surface area (Å²) in [6.07, 6.45) is 0. The number of hydrogen-bond acceptors (Lipinski definition) is 3. The van der Waals surface area contributed by atoms with Crippen molar-refractivity contribution in [1.82, 2.24) is 10.2 Å². The maximum absolute atomic E-state index is 3.17. The van der Waals surface area contributed by atoms with Crippen LogP contribution in [0.4, 0.5) is 5.69 Å². The van der Waals surface area contributed by atoms with E-state index < -0.39 is 0 Å². The summed E-state index contributed by atoms with van der Waals surface area (Å²) in [5, 5.41) is 3.17. The predicted octanol–water partition coefficient (Wildman–Crippen LogP) is 1.79. The largest absolute Gasteiger partial charge is 0.375 e.